The molecular formula is C19H18F3N5O. The molecule has 0 radical (unpaired) electrons. The zero-order chi connectivity index (χ0) is 20.0. The molecule has 0 atom stereocenters. The first-order valence-electron chi connectivity index (χ1n) is 8.55. The maximum absolute atomic E-state index is 12.9. The van der Waals surface area contributed by atoms with Crippen LogP contribution in [0.4, 0.5) is 30.8 Å². The van der Waals surface area contributed by atoms with Gasteiger partial charge in [-0.2, -0.15) is 28.1 Å². The molecule has 1 heterocycles. The second-order valence-corrected chi connectivity index (χ2v) is 5.74. The van der Waals surface area contributed by atoms with Gasteiger partial charge in [0.25, 0.3) is 0 Å². The minimum absolute atomic E-state index is 0.0718. The Hall–Kier alpha value is -3.36. The zero-order valence-electron chi connectivity index (χ0n) is 15.0. The maximum Gasteiger partial charge on any atom is 0.416 e. The van der Waals surface area contributed by atoms with Gasteiger partial charge in [0.2, 0.25) is 11.9 Å². The van der Waals surface area contributed by atoms with Crippen molar-refractivity contribution in [1.29, 1.82) is 0 Å². The van der Waals surface area contributed by atoms with Crippen LogP contribution >= 0.6 is 0 Å². The van der Waals surface area contributed by atoms with Crippen molar-refractivity contribution >= 4 is 17.6 Å². The summed E-state index contributed by atoms with van der Waals surface area (Å²) in [5, 5.41) is 5.83. The van der Waals surface area contributed by atoms with Crippen LogP contribution in [0.15, 0.2) is 54.6 Å². The molecule has 0 aliphatic carbocycles. The van der Waals surface area contributed by atoms with Crippen LogP contribution in [0.3, 0.4) is 0 Å². The molecule has 0 aliphatic rings. The second kappa shape index (κ2) is 8.55. The van der Waals surface area contributed by atoms with Crippen molar-refractivity contribution in [1.82, 2.24) is 15.0 Å². The number of rotatable bonds is 7. The molecule has 6 nitrogen and oxygen atoms in total. The summed E-state index contributed by atoms with van der Waals surface area (Å²) in [5.41, 5.74) is 0.463. The molecule has 0 fully saturated rings. The van der Waals surface area contributed by atoms with Crippen LogP contribution in [-0.4, -0.2) is 21.6 Å². The van der Waals surface area contributed by atoms with E-state index in [1.165, 1.54) is 12.1 Å². The van der Waals surface area contributed by atoms with Crippen molar-refractivity contribution < 1.29 is 17.9 Å². The first kappa shape index (κ1) is 19.4. The number of nitrogens with zero attached hydrogens (tertiary/aromatic N) is 3. The molecule has 28 heavy (non-hydrogen) atoms. The average molecular weight is 389 g/mol. The van der Waals surface area contributed by atoms with Crippen LogP contribution in [0, 0.1) is 0 Å². The van der Waals surface area contributed by atoms with E-state index in [1.807, 2.05) is 30.3 Å². The van der Waals surface area contributed by atoms with Crippen LogP contribution in [0.1, 0.15) is 18.1 Å². The van der Waals surface area contributed by atoms with Gasteiger partial charge in [-0.05, 0) is 30.7 Å². The highest BCUT2D eigenvalue weighted by atomic mass is 19.4. The largest absolute Gasteiger partial charge is 0.464 e. The first-order valence-corrected chi connectivity index (χ1v) is 8.55. The van der Waals surface area contributed by atoms with E-state index in [0.717, 1.165) is 17.7 Å². The monoisotopic (exact) mass is 389 g/mol. The summed E-state index contributed by atoms with van der Waals surface area (Å²) in [6, 6.07) is 14.5. The number of nitrogens with one attached hydrogen (secondary N) is 2. The molecular weight excluding hydrogens is 371 g/mol. The van der Waals surface area contributed by atoms with E-state index in [2.05, 4.69) is 25.6 Å². The van der Waals surface area contributed by atoms with Crippen molar-refractivity contribution in [2.75, 3.05) is 17.2 Å². The lowest BCUT2D eigenvalue weighted by molar-refractivity contribution is -0.137. The molecule has 146 valence electrons. The van der Waals surface area contributed by atoms with Crippen LogP contribution < -0.4 is 15.4 Å². The summed E-state index contributed by atoms with van der Waals surface area (Å²) < 4.78 is 44.0. The van der Waals surface area contributed by atoms with E-state index in [4.69, 9.17) is 4.74 Å². The molecule has 3 rings (SSSR count). The number of halogens is 3. The Labute approximate surface area is 159 Å². The van der Waals surface area contributed by atoms with Gasteiger partial charge in [-0.1, -0.05) is 36.4 Å². The molecule has 3 aromatic rings. The van der Waals surface area contributed by atoms with Gasteiger partial charge >= 0.3 is 12.2 Å². The Balaban J connectivity index is 1.81. The summed E-state index contributed by atoms with van der Waals surface area (Å²) >= 11 is 0. The highest BCUT2D eigenvalue weighted by Gasteiger charge is 2.30. The molecule has 0 saturated heterocycles. The van der Waals surface area contributed by atoms with E-state index in [0.29, 0.717) is 13.2 Å². The molecule has 0 saturated carbocycles. The van der Waals surface area contributed by atoms with E-state index >= 15 is 0 Å². The van der Waals surface area contributed by atoms with Crippen molar-refractivity contribution in [3.8, 4) is 6.01 Å². The lowest BCUT2D eigenvalue weighted by Gasteiger charge is -2.12. The number of alkyl halides is 3. The summed E-state index contributed by atoms with van der Waals surface area (Å²) in [6.45, 7) is 2.59. The molecule has 0 spiro atoms. The Bertz CT molecular complexity index is 919. The summed E-state index contributed by atoms with van der Waals surface area (Å²) in [6.07, 6.45) is -4.43. The first-order chi connectivity index (χ1) is 13.4. The van der Waals surface area contributed by atoms with Crippen molar-refractivity contribution in [2.45, 2.75) is 19.6 Å². The predicted molar refractivity (Wildman–Crippen MR) is 99.5 cm³/mol. The molecule has 0 bridgehead atoms. The summed E-state index contributed by atoms with van der Waals surface area (Å²) in [7, 11) is 0. The highest BCUT2D eigenvalue weighted by Crippen LogP contribution is 2.31. The second-order valence-electron chi connectivity index (χ2n) is 5.74. The zero-order valence-corrected chi connectivity index (χ0v) is 15.0. The topological polar surface area (TPSA) is 72.0 Å². The van der Waals surface area contributed by atoms with E-state index in [9.17, 15) is 13.2 Å². The Morgan fingerprint density at radius 2 is 1.68 bits per heavy atom. The van der Waals surface area contributed by atoms with Crippen LogP contribution in [0.5, 0.6) is 6.01 Å². The Morgan fingerprint density at radius 1 is 0.929 bits per heavy atom. The van der Waals surface area contributed by atoms with E-state index < -0.39 is 11.7 Å². The fourth-order valence-electron chi connectivity index (χ4n) is 2.36. The fraction of sp³-hybridized carbons (Fsp3) is 0.211. The van der Waals surface area contributed by atoms with Gasteiger partial charge in [0.05, 0.1) is 12.2 Å². The van der Waals surface area contributed by atoms with Gasteiger partial charge in [0, 0.05) is 12.2 Å². The average Bonchev–Trinajstić information content (AvgIpc) is 2.67. The minimum Gasteiger partial charge on any atom is -0.464 e. The lowest BCUT2D eigenvalue weighted by Crippen LogP contribution is -2.10. The molecule has 1 aromatic heterocycles. The number of hydrogen-bond donors (Lipinski definition) is 2. The van der Waals surface area contributed by atoms with Crippen LogP contribution in [0.2, 0.25) is 0 Å². The molecule has 2 aromatic carbocycles. The minimum atomic E-state index is -4.43. The van der Waals surface area contributed by atoms with Crippen LogP contribution in [-0.2, 0) is 12.7 Å². The number of aromatic nitrogens is 3. The number of anilines is 3. The quantitative estimate of drug-likeness (QED) is 0.613. The van der Waals surface area contributed by atoms with Crippen molar-refractivity contribution in [3.63, 3.8) is 0 Å². The number of hydrogen-bond acceptors (Lipinski definition) is 6. The SMILES string of the molecule is CCOc1nc(NCc2ccccc2)nc(Nc2cccc(C(F)(F)F)c2)n1. The smallest absolute Gasteiger partial charge is 0.416 e. The third kappa shape index (κ3) is 5.32. The predicted octanol–water partition coefficient (Wildman–Crippen LogP) is 4.64. The van der Waals surface area contributed by atoms with Crippen LogP contribution in [0.25, 0.3) is 0 Å². The standard InChI is InChI=1S/C19H18F3N5O/c1-2-28-18-26-16(23-12-13-7-4-3-5-8-13)25-17(27-18)24-15-10-6-9-14(11-15)19(20,21)22/h3-11H,2,12H2,1H3,(H2,23,24,25,26,27). The summed E-state index contributed by atoms with van der Waals surface area (Å²) in [5.74, 6) is 0.324. The summed E-state index contributed by atoms with van der Waals surface area (Å²) in [4.78, 5) is 12.5. The van der Waals surface area contributed by atoms with Gasteiger partial charge in [0.15, 0.2) is 0 Å². The lowest BCUT2D eigenvalue weighted by atomic mass is 10.2. The number of ether oxygens (including phenoxy) is 1. The molecule has 9 heteroatoms. The van der Waals surface area contributed by atoms with Crippen molar-refractivity contribution in [3.05, 3.63) is 65.7 Å². The van der Waals surface area contributed by atoms with Crippen molar-refractivity contribution in [2.24, 2.45) is 0 Å². The molecule has 0 aliphatic heterocycles. The molecule has 0 amide bonds. The van der Waals surface area contributed by atoms with Gasteiger partial charge in [-0.3, -0.25) is 0 Å². The van der Waals surface area contributed by atoms with E-state index in [1.54, 1.807) is 6.92 Å². The number of benzene rings is 2. The van der Waals surface area contributed by atoms with Gasteiger partial charge < -0.3 is 15.4 Å². The maximum atomic E-state index is 12.9. The third-order valence-electron chi connectivity index (χ3n) is 3.63. The molecule has 2 N–H and O–H groups in total. The highest BCUT2D eigenvalue weighted by molar-refractivity contribution is 5.55. The normalized spacial score (nSPS) is 11.1. The Morgan fingerprint density at radius 3 is 2.39 bits per heavy atom. The Kier molecular flexibility index (Phi) is 5.93. The van der Waals surface area contributed by atoms with E-state index in [-0.39, 0.29) is 23.6 Å². The molecule has 0 unspecified atom stereocenters. The third-order valence-corrected chi connectivity index (χ3v) is 3.63. The van der Waals surface area contributed by atoms with Gasteiger partial charge in [-0.25, -0.2) is 0 Å². The van der Waals surface area contributed by atoms with Gasteiger partial charge in [-0.15, -0.1) is 0 Å². The van der Waals surface area contributed by atoms with Gasteiger partial charge in [0.1, 0.15) is 0 Å². The fourth-order valence-corrected chi connectivity index (χ4v) is 2.36.